The van der Waals surface area contributed by atoms with E-state index in [0.717, 1.165) is 32.8 Å². The normalized spacial score (nSPS) is 17.5. The van der Waals surface area contributed by atoms with Crippen LogP contribution in [0, 0.1) is 6.92 Å². The van der Waals surface area contributed by atoms with Gasteiger partial charge in [-0.3, -0.25) is 9.89 Å². The zero-order valence-electron chi connectivity index (χ0n) is 16.9. The van der Waals surface area contributed by atoms with Crippen molar-refractivity contribution in [3.63, 3.8) is 0 Å². The molecule has 10 heteroatoms. The highest BCUT2D eigenvalue weighted by molar-refractivity contribution is 7.90. The van der Waals surface area contributed by atoms with Gasteiger partial charge >= 0.3 is 0 Å². The molecule has 1 atom stereocenters. The summed E-state index contributed by atoms with van der Waals surface area (Å²) in [5.74, 6) is 0.750. The molecule has 1 saturated heterocycles. The van der Waals surface area contributed by atoms with Crippen molar-refractivity contribution >= 4 is 27.1 Å². The molecule has 1 unspecified atom stereocenters. The molecule has 2 rings (SSSR count). The van der Waals surface area contributed by atoms with Gasteiger partial charge in [-0.05, 0) is 19.1 Å². The highest BCUT2D eigenvalue weighted by Gasteiger charge is 2.24. The van der Waals surface area contributed by atoms with Gasteiger partial charge in [0.25, 0.3) is 0 Å². The Balaban J connectivity index is 1.79. The summed E-state index contributed by atoms with van der Waals surface area (Å²) in [4.78, 5) is 9.36. The van der Waals surface area contributed by atoms with E-state index in [4.69, 9.17) is 9.47 Å². The summed E-state index contributed by atoms with van der Waals surface area (Å²) >= 11 is 1.83. The third-order valence-electron chi connectivity index (χ3n) is 4.40. The van der Waals surface area contributed by atoms with Crippen molar-refractivity contribution in [2.75, 3.05) is 71.7 Å². The van der Waals surface area contributed by atoms with Crippen LogP contribution in [0.4, 0.5) is 0 Å². The lowest BCUT2D eigenvalue weighted by atomic mass is 10.2. The van der Waals surface area contributed by atoms with E-state index in [9.17, 15) is 8.42 Å². The second-order valence-electron chi connectivity index (χ2n) is 6.73. The van der Waals surface area contributed by atoms with E-state index in [1.54, 1.807) is 7.05 Å². The summed E-state index contributed by atoms with van der Waals surface area (Å²) in [6.07, 6.45) is 1.21. The van der Waals surface area contributed by atoms with Crippen LogP contribution >= 0.6 is 11.3 Å². The summed E-state index contributed by atoms with van der Waals surface area (Å²) in [6, 6.07) is 4.63. The molecule has 28 heavy (non-hydrogen) atoms. The number of aryl methyl sites for hydroxylation is 1. The Morgan fingerprint density at radius 2 is 2.07 bits per heavy atom. The van der Waals surface area contributed by atoms with Gasteiger partial charge in [-0.25, -0.2) is 8.42 Å². The molecule has 1 fully saturated rings. The third-order valence-corrected chi connectivity index (χ3v) is 6.41. The summed E-state index contributed by atoms with van der Waals surface area (Å²) in [5.41, 5.74) is 0. The highest BCUT2D eigenvalue weighted by Crippen LogP contribution is 2.27. The fraction of sp³-hybridized carbons (Fsp3) is 0.722. The maximum absolute atomic E-state index is 11.1. The molecule has 0 aromatic carbocycles. The SMILES string of the molecule is CN=C(NCCOCCS(C)(=O)=O)NCC(c1ccc(C)s1)N1CCOCC1. The monoisotopic (exact) mass is 432 g/mol. The second-order valence-corrected chi connectivity index (χ2v) is 10.3. The molecule has 160 valence electrons. The van der Waals surface area contributed by atoms with Crippen LogP contribution in [0.5, 0.6) is 0 Å². The molecule has 0 aliphatic carbocycles. The van der Waals surface area contributed by atoms with Crippen LogP contribution in [0.2, 0.25) is 0 Å². The number of thiophene rings is 1. The molecule has 0 spiro atoms. The molecule has 0 bridgehead atoms. The van der Waals surface area contributed by atoms with Gasteiger partial charge in [-0.2, -0.15) is 0 Å². The van der Waals surface area contributed by atoms with Crippen molar-refractivity contribution in [1.82, 2.24) is 15.5 Å². The summed E-state index contributed by atoms with van der Waals surface area (Å²) in [7, 11) is -1.24. The first kappa shape index (κ1) is 23.1. The molecule has 1 aromatic heterocycles. The standard InChI is InChI=1S/C18H32N4O4S2/c1-15-4-5-17(27-15)16(22-7-10-26-11-8-22)14-21-18(19-2)20-6-9-25-12-13-28(3,23)24/h4-5,16H,6-14H2,1-3H3,(H2,19,20,21). The Kier molecular flexibility index (Phi) is 9.66. The highest BCUT2D eigenvalue weighted by atomic mass is 32.2. The van der Waals surface area contributed by atoms with E-state index < -0.39 is 9.84 Å². The number of sulfone groups is 1. The molecular weight excluding hydrogens is 400 g/mol. The van der Waals surface area contributed by atoms with E-state index in [2.05, 4.69) is 39.6 Å². The van der Waals surface area contributed by atoms with Crippen LogP contribution < -0.4 is 10.6 Å². The van der Waals surface area contributed by atoms with Crippen molar-refractivity contribution in [2.24, 2.45) is 4.99 Å². The summed E-state index contributed by atoms with van der Waals surface area (Å²) in [6.45, 7) is 7.43. The number of hydrogen-bond acceptors (Lipinski definition) is 7. The number of ether oxygens (including phenoxy) is 2. The maximum atomic E-state index is 11.1. The molecule has 8 nitrogen and oxygen atoms in total. The fourth-order valence-corrected chi connectivity index (χ4v) is 4.33. The second kappa shape index (κ2) is 11.7. The molecule has 1 aliphatic heterocycles. The van der Waals surface area contributed by atoms with E-state index in [-0.39, 0.29) is 18.4 Å². The maximum Gasteiger partial charge on any atom is 0.191 e. The molecule has 0 radical (unpaired) electrons. The van der Waals surface area contributed by atoms with Crippen molar-refractivity contribution in [2.45, 2.75) is 13.0 Å². The van der Waals surface area contributed by atoms with Gasteiger partial charge in [-0.1, -0.05) is 0 Å². The van der Waals surface area contributed by atoms with Gasteiger partial charge in [0, 0.05) is 49.2 Å². The Hall–Kier alpha value is -1.20. The van der Waals surface area contributed by atoms with Gasteiger partial charge in [0.15, 0.2) is 5.96 Å². The van der Waals surface area contributed by atoms with Gasteiger partial charge in [0.1, 0.15) is 9.84 Å². The van der Waals surface area contributed by atoms with Gasteiger partial charge < -0.3 is 20.1 Å². The molecule has 2 N–H and O–H groups in total. The third kappa shape index (κ3) is 8.44. The van der Waals surface area contributed by atoms with Crippen molar-refractivity contribution in [3.05, 3.63) is 21.9 Å². The molecular formula is C18H32N4O4S2. The predicted octanol–water partition coefficient (Wildman–Crippen LogP) is 0.656. The minimum Gasteiger partial charge on any atom is -0.379 e. The lowest BCUT2D eigenvalue weighted by Crippen LogP contribution is -2.46. The Bertz CT molecular complexity index is 715. The fourth-order valence-electron chi connectivity index (χ4n) is 2.90. The van der Waals surface area contributed by atoms with Crippen molar-refractivity contribution in [3.8, 4) is 0 Å². The van der Waals surface area contributed by atoms with Crippen LogP contribution in [-0.2, 0) is 19.3 Å². The summed E-state index contributed by atoms with van der Waals surface area (Å²) < 4.78 is 33.0. The van der Waals surface area contributed by atoms with Crippen molar-refractivity contribution in [1.29, 1.82) is 0 Å². The molecule has 1 aliphatic rings. The lowest BCUT2D eigenvalue weighted by Gasteiger charge is -2.34. The lowest BCUT2D eigenvalue weighted by molar-refractivity contribution is 0.0177. The van der Waals surface area contributed by atoms with Crippen LogP contribution in [0.15, 0.2) is 17.1 Å². The number of hydrogen-bond donors (Lipinski definition) is 2. The first-order valence-corrected chi connectivity index (χ1v) is 12.3. The van der Waals surface area contributed by atoms with E-state index >= 15 is 0 Å². The number of aliphatic imine (C=N–C) groups is 1. The smallest absolute Gasteiger partial charge is 0.191 e. The average Bonchev–Trinajstić information content (AvgIpc) is 3.09. The topological polar surface area (TPSA) is 92.3 Å². The van der Waals surface area contributed by atoms with Crippen LogP contribution in [-0.4, -0.2) is 90.9 Å². The largest absolute Gasteiger partial charge is 0.379 e. The first-order valence-electron chi connectivity index (χ1n) is 9.47. The summed E-state index contributed by atoms with van der Waals surface area (Å²) in [5, 5.41) is 6.61. The minimum absolute atomic E-state index is 0.0431. The van der Waals surface area contributed by atoms with Crippen LogP contribution in [0.3, 0.4) is 0 Å². The van der Waals surface area contributed by atoms with E-state index in [0.29, 0.717) is 19.1 Å². The van der Waals surface area contributed by atoms with Gasteiger partial charge in [0.2, 0.25) is 0 Å². The van der Waals surface area contributed by atoms with Crippen molar-refractivity contribution < 1.29 is 17.9 Å². The van der Waals surface area contributed by atoms with E-state index in [1.807, 2.05) is 11.3 Å². The quantitative estimate of drug-likeness (QED) is 0.319. The Morgan fingerprint density at radius 3 is 2.68 bits per heavy atom. The zero-order chi connectivity index (χ0) is 20.4. The van der Waals surface area contributed by atoms with Gasteiger partial charge in [-0.15, -0.1) is 11.3 Å². The average molecular weight is 433 g/mol. The van der Waals surface area contributed by atoms with Crippen LogP contribution in [0.1, 0.15) is 15.8 Å². The molecule has 0 saturated carbocycles. The Labute approximate surface area is 172 Å². The van der Waals surface area contributed by atoms with Crippen LogP contribution in [0.25, 0.3) is 0 Å². The first-order chi connectivity index (χ1) is 13.4. The number of nitrogens with zero attached hydrogens (tertiary/aromatic N) is 2. The number of nitrogens with one attached hydrogen (secondary N) is 2. The number of guanidine groups is 1. The molecule has 1 aromatic rings. The molecule has 0 amide bonds. The predicted molar refractivity (Wildman–Crippen MR) is 114 cm³/mol. The molecule has 2 heterocycles. The van der Waals surface area contributed by atoms with Gasteiger partial charge in [0.05, 0.1) is 38.2 Å². The Morgan fingerprint density at radius 1 is 1.32 bits per heavy atom. The number of rotatable bonds is 10. The number of morpholine rings is 1. The minimum atomic E-state index is -2.98. The van der Waals surface area contributed by atoms with E-state index in [1.165, 1.54) is 16.0 Å². The zero-order valence-corrected chi connectivity index (χ0v) is 18.6.